The first-order valence-corrected chi connectivity index (χ1v) is 12.9. The highest BCUT2D eigenvalue weighted by molar-refractivity contribution is 6.06. The van der Waals surface area contributed by atoms with Crippen molar-refractivity contribution in [3.05, 3.63) is 135 Å². The van der Waals surface area contributed by atoms with E-state index >= 15 is 0 Å². The molecule has 0 spiro atoms. The molecular formula is C34H22F2. The monoisotopic (exact) mass is 468 g/mol. The minimum atomic E-state index is -0.907. The molecule has 172 valence electrons. The predicted molar refractivity (Wildman–Crippen MR) is 142 cm³/mol. The molecule has 0 nitrogen and oxygen atoms in total. The molecule has 4 unspecified atom stereocenters. The highest BCUT2D eigenvalue weighted by atomic mass is 19.1. The highest BCUT2D eigenvalue weighted by Gasteiger charge is 2.45. The summed E-state index contributed by atoms with van der Waals surface area (Å²) in [6, 6.07) is 16.2. The van der Waals surface area contributed by atoms with Gasteiger partial charge < -0.3 is 0 Å². The van der Waals surface area contributed by atoms with Crippen molar-refractivity contribution in [1.29, 1.82) is 0 Å². The molecule has 0 aromatic heterocycles. The van der Waals surface area contributed by atoms with Gasteiger partial charge in [-0.1, -0.05) is 54.6 Å². The molecular weight excluding hydrogens is 446 g/mol. The van der Waals surface area contributed by atoms with E-state index < -0.39 is 6.17 Å². The zero-order valence-electron chi connectivity index (χ0n) is 19.6. The first-order valence-electron chi connectivity index (χ1n) is 12.9. The van der Waals surface area contributed by atoms with Crippen molar-refractivity contribution in [3.63, 3.8) is 0 Å². The molecule has 0 amide bonds. The molecule has 6 aliphatic rings. The SMILES string of the molecule is Fc1ccc2cc3c(cc2c1)C1CC=CC2=C1C3=CC1c3cccc4c3C(=CC21)C1=C4CC(F)C=C1. The summed E-state index contributed by atoms with van der Waals surface area (Å²) in [5.74, 6) is 0.661. The van der Waals surface area contributed by atoms with Gasteiger partial charge in [0.25, 0.3) is 0 Å². The number of fused-ring (bicyclic) bond motifs is 9. The molecule has 0 N–H and O–H groups in total. The van der Waals surface area contributed by atoms with Gasteiger partial charge in [0.15, 0.2) is 0 Å². The Balaban J connectivity index is 1.30. The molecule has 36 heavy (non-hydrogen) atoms. The molecule has 2 heteroatoms. The summed E-state index contributed by atoms with van der Waals surface area (Å²) in [7, 11) is 0. The van der Waals surface area contributed by atoms with E-state index in [9.17, 15) is 8.78 Å². The van der Waals surface area contributed by atoms with E-state index in [1.165, 1.54) is 61.3 Å². The molecule has 0 fully saturated rings. The van der Waals surface area contributed by atoms with Crippen LogP contribution in [0.2, 0.25) is 0 Å². The van der Waals surface area contributed by atoms with Crippen molar-refractivity contribution >= 4 is 27.5 Å². The zero-order valence-corrected chi connectivity index (χ0v) is 19.6. The number of hydrogen-bond donors (Lipinski definition) is 0. The van der Waals surface area contributed by atoms with Crippen molar-refractivity contribution in [1.82, 2.24) is 0 Å². The van der Waals surface area contributed by atoms with Crippen molar-refractivity contribution in [2.24, 2.45) is 5.92 Å². The normalized spacial score (nSPS) is 27.9. The number of hydrogen-bond acceptors (Lipinski definition) is 0. The Kier molecular flexibility index (Phi) is 3.51. The van der Waals surface area contributed by atoms with Crippen molar-refractivity contribution in [3.8, 4) is 0 Å². The van der Waals surface area contributed by atoms with Gasteiger partial charge in [0.2, 0.25) is 0 Å². The second-order valence-corrected chi connectivity index (χ2v) is 10.9. The van der Waals surface area contributed by atoms with Crippen LogP contribution in [0.4, 0.5) is 8.78 Å². The Bertz CT molecular complexity index is 1770. The molecule has 0 saturated heterocycles. The molecule has 0 heterocycles. The van der Waals surface area contributed by atoms with Crippen LogP contribution < -0.4 is 0 Å². The summed E-state index contributed by atoms with van der Waals surface area (Å²) >= 11 is 0. The maximum Gasteiger partial charge on any atom is 0.123 e. The Morgan fingerprint density at radius 2 is 1.72 bits per heavy atom. The fraction of sp³-hybridized carbons (Fsp3) is 0.176. The van der Waals surface area contributed by atoms with Crippen LogP contribution in [0.1, 0.15) is 52.5 Å². The summed E-state index contributed by atoms with van der Waals surface area (Å²) in [5.41, 5.74) is 14.4. The van der Waals surface area contributed by atoms with E-state index in [0.717, 1.165) is 17.2 Å². The molecule has 4 atom stereocenters. The molecule has 0 aliphatic heterocycles. The van der Waals surface area contributed by atoms with Crippen LogP contribution >= 0.6 is 0 Å². The number of rotatable bonds is 0. The average molecular weight is 469 g/mol. The molecule has 0 bridgehead atoms. The van der Waals surface area contributed by atoms with E-state index in [4.69, 9.17) is 0 Å². The van der Waals surface area contributed by atoms with Gasteiger partial charge in [0.05, 0.1) is 0 Å². The van der Waals surface area contributed by atoms with Gasteiger partial charge in [0, 0.05) is 24.2 Å². The van der Waals surface area contributed by atoms with Crippen LogP contribution in [0.25, 0.3) is 27.5 Å². The molecule has 0 saturated carbocycles. The number of alkyl halides is 1. The minimum Gasteiger partial charge on any atom is -0.243 e. The largest absolute Gasteiger partial charge is 0.243 e. The topological polar surface area (TPSA) is 0 Å². The molecule has 0 radical (unpaired) electrons. The second kappa shape index (κ2) is 6.50. The van der Waals surface area contributed by atoms with E-state index in [1.807, 2.05) is 12.1 Å². The Morgan fingerprint density at radius 3 is 2.67 bits per heavy atom. The van der Waals surface area contributed by atoms with Crippen molar-refractivity contribution in [2.75, 3.05) is 0 Å². The van der Waals surface area contributed by atoms with Crippen molar-refractivity contribution < 1.29 is 8.78 Å². The first kappa shape index (κ1) is 19.4. The standard InChI is InChI=1S/C34H22F2/c35-19-8-7-17-12-27-26(13-18(17)11-19)22-3-1-6-25-29-15-31-21-10-9-20(36)14-28(21)23-4-2-5-24(33(23)31)30(29)16-32(27)34(22)25/h1-2,4-13,15-16,20,22,29-30H,3,14H2. The zero-order chi connectivity index (χ0) is 23.7. The molecule has 3 aromatic carbocycles. The Morgan fingerprint density at radius 1 is 0.806 bits per heavy atom. The lowest BCUT2D eigenvalue weighted by molar-refractivity contribution is 0.405. The quantitative estimate of drug-likeness (QED) is 0.310. The van der Waals surface area contributed by atoms with Crippen molar-refractivity contribution in [2.45, 2.75) is 30.8 Å². The third-order valence-electron chi connectivity index (χ3n) is 9.23. The maximum absolute atomic E-state index is 14.4. The number of allylic oxidation sites excluding steroid dienone is 12. The predicted octanol–water partition coefficient (Wildman–Crippen LogP) is 8.59. The third-order valence-corrected chi connectivity index (χ3v) is 9.23. The summed E-state index contributed by atoms with van der Waals surface area (Å²) < 4.78 is 28.4. The van der Waals surface area contributed by atoms with E-state index in [1.54, 1.807) is 18.2 Å². The number of halogens is 2. The molecule has 9 rings (SSSR count). The minimum absolute atomic E-state index is 0.185. The Hall–Kier alpha value is -3.78. The van der Waals surface area contributed by atoms with Gasteiger partial charge in [-0.05, 0) is 109 Å². The van der Waals surface area contributed by atoms with Gasteiger partial charge in [-0.25, -0.2) is 8.78 Å². The highest BCUT2D eigenvalue weighted by Crippen LogP contribution is 2.61. The van der Waals surface area contributed by atoms with Gasteiger partial charge in [0.1, 0.15) is 12.0 Å². The van der Waals surface area contributed by atoms with E-state index in [2.05, 4.69) is 54.6 Å². The molecule has 3 aromatic rings. The summed E-state index contributed by atoms with van der Waals surface area (Å²) in [4.78, 5) is 0. The van der Waals surface area contributed by atoms with Crippen LogP contribution in [0.15, 0.2) is 102 Å². The van der Waals surface area contributed by atoms with Crippen LogP contribution in [0.3, 0.4) is 0 Å². The average Bonchev–Trinajstić information content (AvgIpc) is 3.37. The summed E-state index contributed by atoms with van der Waals surface area (Å²) in [6.07, 6.45) is 13.9. The van der Waals surface area contributed by atoms with Gasteiger partial charge in [-0.2, -0.15) is 0 Å². The van der Waals surface area contributed by atoms with Crippen LogP contribution in [0, 0.1) is 11.7 Å². The van der Waals surface area contributed by atoms with Crippen LogP contribution in [-0.2, 0) is 0 Å². The fourth-order valence-electron chi connectivity index (χ4n) is 7.81. The second-order valence-electron chi connectivity index (χ2n) is 10.9. The van der Waals surface area contributed by atoms with Gasteiger partial charge in [-0.15, -0.1) is 0 Å². The molecule has 6 aliphatic carbocycles. The lowest BCUT2D eigenvalue weighted by Gasteiger charge is -2.37. The van der Waals surface area contributed by atoms with Gasteiger partial charge >= 0.3 is 0 Å². The first-order chi connectivity index (χ1) is 17.7. The van der Waals surface area contributed by atoms with Crippen LogP contribution in [-0.4, -0.2) is 6.17 Å². The fourth-order valence-corrected chi connectivity index (χ4v) is 7.81. The summed E-state index contributed by atoms with van der Waals surface area (Å²) in [6.45, 7) is 0. The third kappa shape index (κ3) is 2.29. The summed E-state index contributed by atoms with van der Waals surface area (Å²) in [5, 5.41) is 2.06. The lowest BCUT2D eigenvalue weighted by Crippen LogP contribution is -2.23. The lowest BCUT2D eigenvalue weighted by atomic mass is 9.66. The number of benzene rings is 3. The van der Waals surface area contributed by atoms with E-state index in [-0.39, 0.29) is 17.7 Å². The van der Waals surface area contributed by atoms with Crippen LogP contribution in [0.5, 0.6) is 0 Å². The van der Waals surface area contributed by atoms with Gasteiger partial charge in [-0.3, -0.25) is 0 Å². The smallest absolute Gasteiger partial charge is 0.123 e. The Labute approximate surface area is 208 Å². The maximum atomic E-state index is 14.4. The van der Waals surface area contributed by atoms with E-state index in [0.29, 0.717) is 12.3 Å².